The molecule has 1 atom stereocenters. The van der Waals surface area contributed by atoms with Crippen LogP contribution in [0.15, 0.2) is 42.5 Å². The van der Waals surface area contributed by atoms with E-state index in [4.69, 9.17) is 9.84 Å². The van der Waals surface area contributed by atoms with Crippen LogP contribution in [0.4, 0.5) is 4.39 Å². The molecule has 0 saturated carbocycles. The van der Waals surface area contributed by atoms with Crippen molar-refractivity contribution in [3.63, 3.8) is 0 Å². The molecule has 2 aromatic carbocycles. The number of carboxylic acid groups (broad SMARTS) is 1. The normalized spacial score (nSPS) is 11.6. The minimum Gasteiger partial charge on any atom is -0.497 e. The fourth-order valence-corrected chi connectivity index (χ4v) is 2.38. The lowest BCUT2D eigenvalue weighted by molar-refractivity contribution is -0.137. The van der Waals surface area contributed by atoms with Gasteiger partial charge in [-0.3, -0.25) is 9.59 Å². The van der Waals surface area contributed by atoms with Crippen molar-refractivity contribution in [3.05, 3.63) is 53.8 Å². The second kappa shape index (κ2) is 8.28. The van der Waals surface area contributed by atoms with Gasteiger partial charge >= 0.3 is 5.97 Å². The quantitative estimate of drug-likeness (QED) is 0.805. The van der Waals surface area contributed by atoms with E-state index in [0.717, 1.165) is 5.56 Å². The smallest absolute Gasteiger partial charge is 0.303 e. The Morgan fingerprint density at radius 3 is 2.36 bits per heavy atom. The molecule has 6 heteroatoms. The molecule has 0 aliphatic rings. The molecule has 0 aliphatic carbocycles. The highest BCUT2D eigenvalue weighted by Gasteiger charge is 2.15. The van der Waals surface area contributed by atoms with Gasteiger partial charge in [0.15, 0.2) is 0 Å². The molecule has 0 radical (unpaired) electrons. The molecule has 1 unspecified atom stereocenters. The fourth-order valence-electron chi connectivity index (χ4n) is 2.38. The number of ether oxygens (including phenoxy) is 1. The second-order valence-electron chi connectivity index (χ2n) is 5.73. The first-order chi connectivity index (χ1) is 11.9. The van der Waals surface area contributed by atoms with Crippen molar-refractivity contribution in [1.82, 2.24) is 5.32 Å². The number of halogens is 1. The summed E-state index contributed by atoms with van der Waals surface area (Å²) in [4.78, 5) is 22.7. The monoisotopic (exact) mass is 345 g/mol. The minimum atomic E-state index is -0.934. The van der Waals surface area contributed by atoms with E-state index >= 15 is 0 Å². The summed E-state index contributed by atoms with van der Waals surface area (Å²) in [5.41, 5.74) is 1.39. The number of amides is 1. The third-order valence-corrected chi connectivity index (χ3v) is 3.81. The SMILES string of the molecule is COc1ccc(-c2ccc(C(=O)NC(C)CCC(=O)O)c(F)c2)cc1. The van der Waals surface area contributed by atoms with Crippen molar-refractivity contribution in [1.29, 1.82) is 0 Å². The van der Waals surface area contributed by atoms with Gasteiger partial charge in [-0.25, -0.2) is 4.39 Å². The van der Waals surface area contributed by atoms with Gasteiger partial charge in [-0.2, -0.15) is 0 Å². The molecule has 2 aromatic rings. The van der Waals surface area contributed by atoms with Crippen LogP contribution in [0.5, 0.6) is 5.75 Å². The molecule has 0 bridgehead atoms. The zero-order valence-corrected chi connectivity index (χ0v) is 14.1. The number of aliphatic carboxylic acids is 1. The van der Waals surface area contributed by atoms with E-state index in [-0.39, 0.29) is 24.4 Å². The molecule has 2 N–H and O–H groups in total. The van der Waals surface area contributed by atoms with Crippen LogP contribution in [-0.2, 0) is 4.79 Å². The van der Waals surface area contributed by atoms with E-state index in [9.17, 15) is 14.0 Å². The fraction of sp³-hybridized carbons (Fsp3) is 0.263. The van der Waals surface area contributed by atoms with E-state index in [2.05, 4.69) is 5.32 Å². The lowest BCUT2D eigenvalue weighted by Gasteiger charge is -2.13. The molecular weight excluding hydrogens is 325 g/mol. The highest BCUT2D eigenvalue weighted by atomic mass is 19.1. The molecule has 0 spiro atoms. The van der Waals surface area contributed by atoms with Gasteiger partial charge in [0.2, 0.25) is 0 Å². The lowest BCUT2D eigenvalue weighted by atomic mass is 10.0. The number of hydrogen-bond donors (Lipinski definition) is 2. The number of methoxy groups -OCH3 is 1. The van der Waals surface area contributed by atoms with Gasteiger partial charge in [-0.05, 0) is 48.7 Å². The van der Waals surface area contributed by atoms with Crippen molar-refractivity contribution in [3.8, 4) is 16.9 Å². The van der Waals surface area contributed by atoms with E-state index in [0.29, 0.717) is 11.3 Å². The van der Waals surface area contributed by atoms with Crippen LogP contribution in [0.25, 0.3) is 11.1 Å². The van der Waals surface area contributed by atoms with Crippen molar-refractivity contribution in [2.45, 2.75) is 25.8 Å². The first kappa shape index (κ1) is 18.4. The predicted molar refractivity (Wildman–Crippen MR) is 92.2 cm³/mol. The van der Waals surface area contributed by atoms with Gasteiger partial charge in [0.25, 0.3) is 5.91 Å². The van der Waals surface area contributed by atoms with Crippen molar-refractivity contribution < 1.29 is 23.8 Å². The summed E-state index contributed by atoms with van der Waals surface area (Å²) in [5, 5.41) is 11.3. The second-order valence-corrected chi connectivity index (χ2v) is 5.73. The molecule has 0 heterocycles. The summed E-state index contributed by atoms with van der Waals surface area (Å²) in [6.07, 6.45) is 0.229. The number of benzene rings is 2. The third kappa shape index (κ3) is 5.04. The molecule has 0 aliphatic heterocycles. The summed E-state index contributed by atoms with van der Waals surface area (Å²) >= 11 is 0. The summed E-state index contributed by atoms with van der Waals surface area (Å²) in [6.45, 7) is 1.68. The van der Waals surface area contributed by atoms with Crippen LogP contribution in [-0.4, -0.2) is 30.1 Å². The van der Waals surface area contributed by atoms with Gasteiger partial charge in [0.1, 0.15) is 11.6 Å². The van der Waals surface area contributed by atoms with Crippen LogP contribution >= 0.6 is 0 Å². The van der Waals surface area contributed by atoms with Crippen LogP contribution in [0, 0.1) is 5.82 Å². The van der Waals surface area contributed by atoms with Crippen molar-refractivity contribution >= 4 is 11.9 Å². The zero-order valence-electron chi connectivity index (χ0n) is 14.1. The average Bonchev–Trinajstić information content (AvgIpc) is 2.59. The van der Waals surface area contributed by atoms with Crippen LogP contribution in [0.2, 0.25) is 0 Å². The van der Waals surface area contributed by atoms with E-state index in [1.807, 2.05) is 0 Å². The molecule has 0 aromatic heterocycles. The Kier molecular flexibility index (Phi) is 6.11. The lowest BCUT2D eigenvalue weighted by Crippen LogP contribution is -2.33. The Balaban J connectivity index is 2.10. The van der Waals surface area contributed by atoms with Gasteiger partial charge in [-0.15, -0.1) is 0 Å². The molecule has 25 heavy (non-hydrogen) atoms. The topological polar surface area (TPSA) is 75.6 Å². The molecule has 5 nitrogen and oxygen atoms in total. The van der Waals surface area contributed by atoms with Gasteiger partial charge < -0.3 is 15.2 Å². The number of carbonyl (C=O) groups is 2. The highest BCUT2D eigenvalue weighted by molar-refractivity contribution is 5.95. The minimum absolute atomic E-state index is 0.0552. The Bertz CT molecular complexity index is 759. The van der Waals surface area contributed by atoms with E-state index in [1.165, 1.54) is 12.1 Å². The summed E-state index contributed by atoms with van der Waals surface area (Å²) < 4.78 is 19.4. The average molecular weight is 345 g/mol. The molecule has 0 fully saturated rings. The van der Waals surface area contributed by atoms with E-state index < -0.39 is 17.7 Å². The zero-order chi connectivity index (χ0) is 18.4. The van der Waals surface area contributed by atoms with Crippen molar-refractivity contribution in [2.75, 3.05) is 7.11 Å². The molecule has 2 rings (SSSR count). The predicted octanol–water partition coefficient (Wildman–Crippen LogP) is 3.48. The third-order valence-electron chi connectivity index (χ3n) is 3.81. The Hall–Kier alpha value is -2.89. The van der Waals surface area contributed by atoms with Crippen LogP contribution in [0.3, 0.4) is 0 Å². The number of carboxylic acids is 1. The number of hydrogen-bond acceptors (Lipinski definition) is 3. The van der Waals surface area contributed by atoms with E-state index in [1.54, 1.807) is 44.4 Å². The molecular formula is C19H20FNO4. The summed E-state index contributed by atoms with van der Waals surface area (Å²) in [7, 11) is 1.57. The maximum absolute atomic E-state index is 14.3. The number of carbonyl (C=O) groups excluding carboxylic acids is 1. The number of nitrogens with one attached hydrogen (secondary N) is 1. The first-order valence-corrected chi connectivity index (χ1v) is 7.87. The molecule has 132 valence electrons. The Morgan fingerprint density at radius 1 is 1.16 bits per heavy atom. The van der Waals surface area contributed by atoms with Gasteiger partial charge in [-0.1, -0.05) is 18.2 Å². The van der Waals surface area contributed by atoms with Gasteiger partial charge in [0.05, 0.1) is 12.7 Å². The maximum atomic E-state index is 14.3. The number of rotatable bonds is 7. The highest BCUT2D eigenvalue weighted by Crippen LogP contribution is 2.24. The summed E-state index contributed by atoms with van der Waals surface area (Å²) in [5.74, 6) is -1.42. The molecule has 0 saturated heterocycles. The Labute approximate surface area is 145 Å². The Morgan fingerprint density at radius 2 is 1.80 bits per heavy atom. The van der Waals surface area contributed by atoms with Crippen molar-refractivity contribution in [2.24, 2.45) is 0 Å². The summed E-state index contributed by atoms with van der Waals surface area (Å²) in [6, 6.07) is 11.2. The molecule has 1 amide bonds. The standard InChI is InChI=1S/C19H20FNO4/c1-12(3-10-18(22)23)21-19(24)16-9-6-14(11-17(16)20)13-4-7-15(25-2)8-5-13/h4-9,11-12H,3,10H2,1-2H3,(H,21,24)(H,22,23). The largest absolute Gasteiger partial charge is 0.497 e. The maximum Gasteiger partial charge on any atom is 0.303 e. The first-order valence-electron chi connectivity index (χ1n) is 7.87. The van der Waals surface area contributed by atoms with Gasteiger partial charge in [0, 0.05) is 12.5 Å². The van der Waals surface area contributed by atoms with Crippen LogP contribution < -0.4 is 10.1 Å². The van der Waals surface area contributed by atoms with Crippen LogP contribution in [0.1, 0.15) is 30.1 Å².